The lowest BCUT2D eigenvalue weighted by Gasteiger charge is -2.20. The third-order valence-electron chi connectivity index (χ3n) is 11.0. The molecule has 0 radical (unpaired) electrons. The van der Waals surface area contributed by atoms with Gasteiger partial charge in [-0.2, -0.15) is 5.10 Å². The van der Waals surface area contributed by atoms with Crippen molar-refractivity contribution in [1.29, 1.82) is 0 Å². The fraction of sp³-hybridized carbons (Fsp3) is 0. The van der Waals surface area contributed by atoms with Gasteiger partial charge >= 0.3 is 0 Å². The summed E-state index contributed by atoms with van der Waals surface area (Å²) in [7, 11) is 0. The highest BCUT2D eigenvalue weighted by atomic mass is 15.1. The van der Waals surface area contributed by atoms with Crippen LogP contribution in [-0.2, 0) is 0 Å². The number of nitrogens with zero attached hydrogens (tertiary/aromatic N) is 7. The van der Waals surface area contributed by atoms with Crippen LogP contribution in [0.4, 0.5) is 0 Å². The van der Waals surface area contributed by atoms with Crippen LogP contribution < -0.4 is 0 Å². The number of benzene rings is 7. The van der Waals surface area contributed by atoms with Gasteiger partial charge in [-0.25, -0.2) is 19.9 Å². The van der Waals surface area contributed by atoms with E-state index < -0.39 is 0 Å². The molecular formula is C49H28N8. The number of hydrogen-bond donors (Lipinski definition) is 1. The van der Waals surface area contributed by atoms with Gasteiger partial charge in [0.15, 0.2) is 5.82 Å². The van der Waals surface area contributed by atoms with Crippen molar-refractivity contribution in [2.45, 2.75) is 0 Å². The molecule has 1 N–H and O–H groups in total. The van der Waals surface area contributed by atoms with Crippen LogP contribution in [0.2, 0.25) is 0 Å². The predicted octanol–water partition coefficient (Wildman–Crippen LogP) is 11.5. The number of rotatable bonds is 4. The van der Waals surface area contributed by atoms with Gasteiger partial charge in [0.2, 0.25) is 0 Å². The second-order valence-electron chi connectivity index (χ2n) is 14.3. The summed E-state index contributed by atoms with van der Waals surface area (Å²) in [5, 5.41) is 17.3. The van der Waals surface area contributed by atoms with Gasteiger partial charge < -0.3 is 4.98 Å². The van der Waals surface area contributed by atoms with Crippen LogP contribution in [0.1, 0.15) is 0 Å². The van der Waals surface area contributed by atoms with Gasteiger partial charge in [-0.3, -0.25) is 4.98 Å². The standard InChI is InChI=1S/C49H28N8/c1-3-14-30-28(12-1)26-52-57-48(30)47-33-17-5-4-15-31(33)37-24-36(35-19-11-18-34-32-16-6-8-21-39(32)54-45(34)35)43(42-27-50-40-22-9-10-23-41(40)53-42)44(46(37)56-47)49-51-25-29-13-2-7-20-38(29)55-49/h1-27,54H. The van der Waals surface area contributed by atoms with Crippen LogP contribution in [0.3, 0.4) is 0 Å². The summed E-state index contributed by atoms with van der Waals surface area (Å²) in [6.45, 7) is 0. The number of hydrogen-bond acceptors (Lipinski definition) is 7. The Kier molecular flexibility index (Phi) is 6.76. The number of pyridine rings is 1. The Morgan fingerprint density at radius 1 is 0.421 bits per heavy atom. The summed E-state index contributed by atoms with van der Waals surface area (Å²) >= 11 is 0. The third kappa shape index (κ3) is 4.84. The molecule has 0 bridgehead atoms. The van der Waals surface area contributed by atoms with Crippen LogP contribution in [-0.4, -0.2) is 40.1 Å². The quantitative estimate of drug-likeness (QED) is 0.180. The highest BCUT2D eigenvalue weighted by molar-refractivity contribution is 6.21. The summed E-state index contributed by atoms with van der Waals surface area (Å²) in [6, 6.07) is 49.8. The van der Waals surface area contributed by atoms with Gasteiger partial charge in [0.05, 0.1) is 56.9 Å². The van der Waals surface area contributed by atoms with Crippen molar-refractivity contribution in [3.63, 3.8) is 0 Å². The van der Waals surface area contributed by atoms with Crippen LogP contribution in [0.25, 0.3) is 121 Å². The van der Waals surface area contributed by atoms with E-state index in [1.54, 1.807) is 6.20 Å². The Morgan fingerprint density at radius 3 is 2.04 bits per heavy atom. The molecule has 0 fully saturated rings. The number of aromatic amines is 1. The monoisotopic (exact) mass is 728 g/mol. The van der Waals surface area contributed by atoms with E-state index >= 15 is 0 Å². The lowest BCUT2D eigenvalue weighted by Crippen LogP contribution is -2.02. The fourth-order valence-electron chi connectivity index (χ4n) is 8.44. The van der Waals surface area contributed by atoms with E-state index in [-0.39, 0.29) is 0 Å². The molecule has 0 aliphatic heterocycles. The van der Waals surface area contributed by atoms with Gasteiger partial charge in [0, 0.05) is 60.5 Å². The van der Waals surface area contributed by atoms with E-state index in [9.17, 15) is 0 Å². The lowest BCUT2D eigenvalue weighted by atomic mass is 9.87. The van der Waals surface area contributed by atoms with E-state index in [0.29, 0.717) is 17.2 Å². The molecule has 0 aliphatic rings. The van der Waals surface area contributed by atoms with Crippen molar-refractivity contribution >= 4 is 76.2 Å². The van der Waals surface area contributed by atoms with E-state index in [2.05, 4.69) is 95.0 Å². The molecule has 0 saturated carbocycles. The zero-order chi connectivity index (χ0) is 37.5. The molecule has 7 aromatic carbocycles. The van der Waals surface area contributed by atoms with Gasteiger partial charge in [-0.1, -0.05) is 115 Å². The molecule has 0 spiro atoms. The number of nitrogens with one attached hydrogen (secondary N) is 1. The van der Waals surface area contributed by atoms with E-state index in [0.717, 1.165) is 104 Å². The molecule has 57 heavy (non-hydrogen) atoms. The van der Waals surface area contributed by atoms with Crippen LogP contribution in [0, 0.1) is 0 Å². The minimum Gasteiger partial charge on any atom is -0.354 e. The highest BCUT2D eigenvalue weighted by Gasteiger charge is 2.27. The molecular weight excluding hydrogens is 701 g/mol. The summed E-state index contributed by atoms with van der Waals surface area (Å²) in [4.78, 5) is 30.0. The number of para-hydroxylation sites is 5. The van der Waals surface area contributed by atoms with Crippen molar-refractivity contribution in [1.82, 2.24) is 40.1 Å². The van der Waals surface area contributed by atoms with Crippen LogP contribution in [0.5, 0.6) is 0 Å². The van der Waals surface area contributed by atoms with Crippen LogP contribution in [0.15, 0.2) is 164 Å². The van der Waals surface area contributed by atoms with Gasteiger partial charge in [-0.05, 0) is 41.3 Å². The molecule has 8 nitrogen and oxygen atoms in total. The number of fused-ring (bicyclic) bond motifs is 9. The van der Waals surface area contributed by atoms with Crippen molar-refractivity contribution in [3.8, 4) is 45.2 Å². The Labute approximate surface area is 324 Å². The van der Waals surface area contributed by atoms with Crippen LogP contribution >= 0.6 is 0 Å². The molecule has 5 aromatic heterocycles. The average Bonchev–Trinajstić information content (AvgIpc) is 3.67. The Hall–Kier alpha value is -7.97. The van der Waals surface area contributed by atoms with E-state index in [1.165, 1.54) is 0 Å². The maximum Gasteiger partial charge on any atom is 0.162 e. The second-order valence-corrected chi connectivity index (χ2v) is 14.3. The van der Waals surface area contributed by atoms with E-state index in [4.69, 9.17) is 30.0 Å². The zero-order valence-corrected chi connectivity index (χ0v) is 30.2. The summed E-state index contributed by atoms with van der Waals surface area (Å²) in [6.07, 6.45) is 5.55. The fourth-order valence-corrected chi connectivity index (χ4v) is 8.44. The molecule has 0 aliphatic carbocycles. The topological polar surface area (TPSA) is 106 Å². The Balaban J connectivity index is 1.31. The molecule has 0 amide bonds. The SMILES string of the molecule is c1ccc2nc(-c3c(-c4cnc5ccccc5n4)c(-c4cccc5c4[nH]c4ccccc45)cc4c3nc(-c3nncc5ccccc35)c3ccccc34)ncc2c1. The summed E-state index contributed by atoms with van der Waals surface area (Å²) in [5.41, 5.74) is 10.9. The molecule has 0 unspecified atom stereocenters. The lowest BCUT2D eigenvalue weighted by molar-refractivity contribution is 1.05. The van der Waals surface area contributed by atoms with Crippen molar-refractivity contribution in [2.24, 2.45) is 0 Å². The first-order valence-corrected chi connectivity index (χ1v) is 18.8. The first kappa shape index (κ1) is 31.4. The summed E-state index contributed by atoms with van der Waals surface area (Å²) < 4.78 is 0. The smallest absolute Gasteiger partial charge is 0.162 e. The first-order chi connectivity index (χ1) is 28.3. The maximum absolute atomic E-state index is 5.62. The second kappa shape index (κ2) is 12.3. The first-order valence-electron chi connectivity index (χ1n) is 18.8. The highest BCUT2D eigenvalue weighted by Crippen LogP contribution is 2.48. The molecule has 264 valence electrons. The zero-order valence-electron chi connectivity index (χ0n) is 30.2. The largest absolute Gasteiger partial charge is 0.354 e. The Bertz CT molecular complexity index is 3610. The molecule has 0 atom stereocenters. The normalized spacial score (nSPS) is 11.9. The van der Waals surface area contributed by atoms with Crippen molar-refractivity contribution in [3.05, 3.63) is 164 Å². The molecule has 5 heterocycles. The minimum atomic E-state index is 0.534. The number of H-pyrrole nitrogens is 1. The van der Waals surface area contributed by atoms with Gasteiger partial charge in [0.25, 0.3) is 0 Å². The Morgan fingerprint density at radius 2 is 1.14 bits per heavy atom. The average molecular weight is 729 g/mol. The maximum atomic E-state index is 5.62. The summed E-state index contributed by atoms with van der Waals surface area (Å²) in [5.74, 6) is 0.534. The van der Waals surface area contributed by atoms with E-state index in [1.807, 2.05) is 73.1 Å². The third-order valence-corrected chi connectivity index (χ3v) is 11.0. The molecule has 12 rings (SSSR count). The van der Waals surface area contributed by atoms with Crippen molar-refractivity contribution in [2.75, 3.05) is 0 Å². The predicted molar refractivity (Wildman–Crippen MR) is 230 cm³/mol. The molecule has 12 aromatic rings. The molecule has 8 heteroatoms. The van der Waals surface area contributed by atoms with Crippen molar-refractivity contribution < 1.29 is 0 Å². The number of aromatic nitrogens is 8. The minimum absolute atomic E-state index is 0.534. The van der Waals surface area contributed by atoms with Gasteiger partial charge in [-0.15, -0.1) is 5.10 Å². The molecule has 0 saturated heterocycles. The van der Waals surface area contributed by atoms with Gasteiger partial charge in [0.1, 0.15) is 5.69 Å².